The average molecular weight is 333 g/mol. The lowest BCUT2D eigenvalue weighted by Gasteiger charge is -2.23. The van der Waals surface area contributed by atoms with E-state index in [1.165, 1.54) is 33.3 Å². The fourth-order valence-electron chi connectivity index (χ4n) is 3.70. The van der Waals surface area contributed by atoms with Crippen molar-refractivity contribution in [3.63, 3.8) is 0 Å². The molecule has 2 aromatic heterocycles. The Morgan fingerprint density at radius 2 is 2.04 bits per heavy atom. The first-order chi connectivity index (χ1) is 12.2. The summed E-state index contributed by atoms with van der Waals surface area (Å²) in [5.74, 6) is 0. The van der Waals surface area contributed by atoms with Gasteiger partial charge in [-0.05, 0) is 60.5 Å². The van der Waals surface area contributed by atoms with Crippen molar-refractivity contribution in [2.24, 2.45) is 0 Å². The molecule has 0 aliphatic carbocycles. The summed E-state index contributed by atoms with van der Waals surface area (Å²) in [6.07, 6.45) is 6.94. The first kappa shape index (κ1) is 16.1. The van der Waals surface area contributed by atoms with Crippen LogP contribution in [0.4, 0.5) is 0 Å². The molecule has 3 heterocycles. The molecule has 0 fully saturated rings. The van der Waals surface area contributed by atoms with E-state index in [9.17, 15) is 5.11 Å². The van der Waals surface area contributed by atoms with Crippen LogP contribution in [0.2, 0.25) is 0 Å². The Labute approximate surface area is 148 Å². The summed E-state index contributed by atoms with van der Waals surface area (Å²) < 4.78 is 2.34. The van der Waals surface area contributed by atoms with E-state index in [0.717, 1.165) is 25.1 Å². The van der Waals surface area contributed by atoms with Gasteiger partial charge in [-0.2, -0.15) is 0 Å². The molecule has 0 spiro atoms. The molecule has 4 nitrogen and oxygen atoms in total. The summed E-state index contributed by atoms with van der Waals surface area (Å²) >= 11 is 0. The number of rotatable bonds is 3. The van der Waals surface area contributed by atoms with E-state index in [1.54, 1.807) is 0 Å². The number of pyridine rings is 1. The minimum Gasteiger partial charge on any atom is -0.392 e. The highest BCUT2D eigenvalue weighted by Gasteiger charge is 2.22. The number of aliphatic hydroxyl groups is 1. The zero-order valence-corrected chi connectivity index (χ0v) is 14.7. The monoisotopic (exact) mass is 333 g/mol. The first-order valence-electron chi connectivity index (χ1n) is 8.70. The van der Waals surface area contributed by atoms with Crippen molar-refractivity contribution in [2.75, 3.05) is 13.6 Å². The topological polar surface area (TPSA) is 41.3 Å². The van der Waals surface area contributed by atoms with Gasteiger partial charge in [0.05, 0.1) is 12.1 Å². The van der Waals surface area contributed by atoms with E-state index in [4.69, 9.17) is 0 Å². The van der Waals surface area contributed by atoms with Gasteiger partial charge in [0.2, 0.25) is 0 Å². The molecule has 3 aromatic rings. The van der Waals surface area contributed by atoms with Crippen molar-refractivity contribution in [1.29, 1.82) is 0 Å². The molecule has 4 rings (SSSR count). The van der Waals surface area contributed by atoms with E-state index < -0.39 is 0 Å². The minimum absolute atomic E-state index is 0.0810. The van der Waals surface area contributed by atoms with Gasteiger partial charge < -0.3 is 14.6 Å². The molecule has 25 heavy (non-hydrogen) atoms. The number of hydrogen-bond acceptors (Lipinski definition) is 3. The Kier molecular flexibility index (Phi) is 4.15. The third-order valence-corrected chi connectivity index (χ3v) is 5.08. The van der Waals surface area contributed by atoms with Crippen LogP contribution in [0.25, 0.3) is 22.7 Å². The third kappa shape index (κ3) is 2.88. The lowest BCUT2D eigenvalue weighted by atomic mass is 10.0. The zero-order chi connectivity index (χ0) is 17.4. The lowest BCUT2D eigenvalue weighted by Crippen LogP contribution is -2.26. The molecule has 1 aliphatic rings. The number of fused-ring (bicyclic) bond motifs is 3. The van der Waals surface area contributed by atoms with Gasteiger partial charge in [-0.1, -0.05) is 6.07 Å². The van der Waals surface area contributed by atoms with Crippen molar-refractivity contribution >= 4 is 22.7 Å². The molecule has 0 bridgehead atoms. The van der Waals surface area contributed by atoms with Crippen LogP contribution in [0, 0.1) is 0 Å². The molecule has 0 amide bonds. The summed E-state index contributed by atoms with van der Waals surface area (Å²) in [6, 6.07) is 10.4. The number of benzene rings is 1. The van der Waals surface area contributed by atoms with Crippen molar-refractivity contribution in [3.8, 4) is 0 Å². The highest BCUT2D eigenvalue weighted by molar-refractivity contribution is 5.90. The molecule has 0 radical (unpaired) electrons. The predicted molar refractivity (Wildman–Crippen MR) is 102 cm³/mol. The summed E-state index contributed by atoms with van der Waals surface area (Å²) in [5.41, 5.74) is 7.36. The number of aliphatic hydroxyl groups excluding tert-OH is 1. The second-order valence-corrected chi connectivity index (χ2v) is 6.84. The number of hydrogen-bond donors (Lipinski definition) is 1. The maximum Gasteiger partial charge on any atom is 0.0682 e. The molecular formula is C21H23N3O. The van der Waals surface area contributed by atoms with Gasteiger partial charge in [-0.25, -0.2) is 0 Å². The Morgan fingerprint density at radius 3 is 2.80 bits per heavy atom. The molecule has 4 heteroatoms. The van der Waals surface area contributed by atoms with Crippen LogP contribution in [0.15, 0.2) is 42.7 Å². The van der Waals surface area contributed by atoms with Gasteiger partial charge in [0.15, 0.2) is 0 Å². The van der Waals surface area contributed by atoms with Gasteiger partial charge >= 0.3 is 0 Å². The minimum atomic E-state index is 0.0810. The molecule has 1 N–H and O–H groups in total. The van der Waals surface area contributed by atoms with Gasteiger partial charge in [0, 0.05) is 49.2 Å². The summed E-state index contributed by atoms with van der Waals surface area (Å²) in [5, 5.41) is 10.8. The maximum absolute atomic E-state index is 9.52. The highest BCUT2D eigenvalue weighted by atomic mass is 16.3. The van der Waals surface area contributed by atoms with Gasteiger partial charge in [-0.3, -0.25) is 4.98 Å². The maximum atomic E-state index is 9.52. The Balaban J connectivity index is 1.91. The van der Waals surface area contributed by atoms with Crippen LogP contribution in [0.5, 0.6) is 0 Å². The zero-order valence-electron chi connectivity index (χ0n) is 14.7. The molecule has 128 valence electrons. The quantitative estimate of drug-likeness (QED) is 0.797. The predicted octanol–water partition coefficient (Wildman–Crippen LogP) is 3.53. The van der Waals surface area contributed by atoms with Crippen LogP contribution < -0.4 is 0 Å². The normalized spacial score (nSPS) is 15.6. The SMILES string of the molecule is C/C(=C\n1c2c(c3cc(CO)ccc31)CN(C)CC2)c1ccncc1. The van der Waals surface area contributed by atoms with E-state index in [0.29, 0.717) is 0 Å². The van der Waals surface area contributed by atoms with Crippen molar-refractivity contribution in [1.82, 2.24) is 14.5 Å². The third-order valence-electron chi connectivity index (χ3n) is 5.08. The summed E-state index contributed by atoms with van der Waals surface area (Å²) in [6.45, 7) is 4.25. The standard InChI is InChI=1S/C21H23N3O/c1-15(17-5-8-22-9-6-17)12-24-20-4-3-16(14-25)11-18(20)19-13-23(2)10-7-21(19)24/h3-6,8-9,11-12,25H,7,10,13-14H2,1-2H3/b15-12+. The fourth-order valence-corrected chi connectivity index (χ4v) is 3.70. The van der Waals surface area contributed by atoms with E-state index in [1.807, 2.05) is 30.6 Å². The number of allylic oxidation sites excluding steroid dienone is 1. The molecule has 0 saturated heterocycles. The molecule has 0 atom stereocenters. The number of nitrogens with zero attached hydrogens (tertiary/aromatic N) is 3. The molecule has 1 aromatic carbocycles. The molecule has 0 saturated carbocycles. The summed E-state index contributed by atoms with van der Waals surface area (Å²) in [7, 11) is 2.17. The van der Waals surface area contributed by atoms with Gasteiger partial charge in [0.25, 0.3) is 0 Å². The number of likely N-dealkylation sites (N-methyl/N-ethyl adjacent to an activating group) is 1. The van der Waals surface area contributed by atoms with Crippen LogP contribution in [-0.4, -0.2) is 33.1 Å². The fraction of sp³-hybridized carbons (Fsp3) is 0.286. The van der Waals surface area contributed by atoms with Crippen molar-refractivity contribution < 1.29 is 5.11 Å². The van der Waals surface area contributed by atoms with E-state index in [2.05, 4.69) is 46.8 Å². The number of aromatic nitrogens is 2. The van der Waals surface area contributed by atoms with Gasteiger partial charge in [0.1, 0.15) is 0 Å². The second kappa shape index (κ2) is 6.47. The average Bonchev–Trinajstić information content (AvgIpc) is 2.95. The highest BCUT2D eigenvalue weighted by Crippen LogP contribution is 2.32. The van der Waals surface area contributed by atoms with Crippen LogP contribution in [0.3, 0.4) is 0 Å². The van der Waals surface area contributed by atoms with Gasteiger partial charge in [-0.15, -0.1) is 0 Å². The first-order valence-corrected chi connectivity index (χ1v) is 8.70. The second-order valence-electron chi connectivity index (χ2n) is 6.84. The van der Waals surface area contributed by atoms with Crippen LogP contribution in [-0.2, 0) is 19.6 Å². The lowest BCUT2D eigenvalue weighted by molar-refractivity contribution is 0.282. The van der Waals surface area contributed by atoms with E-state index in [-0.39, 0.29) is 6.61 Å². The molecule has 0 unspecified atom stereocenters. The molecular weight excluding hydrogens is 310 g/mol. The Hall–Kier alpha value is -2.43. The Bertz CT molecular complexity index is 941. The Morgan fingerprint density at radius 1 is 1.24 bits per heavy atom. The van der Waals surface area contributed by atoms with E-state index >= 15 is 0 Å². The van der Waals surface area contributed by atoms with Crippen LogP contribution in [0.1, 0.15) is 29.3 Å². The largest absolute Gasteiger partial charge is 0.392 e. The smallest absolute Gasteiger partial charge is 0.0682 e. The van der Waals surface area contributed by atoms with Crippen molar-refractivity contribution in [3.05, 3.63) is 65.1 Å². The van der Waals surface area contributed by atoms with Crippen molar-refractivity contribution in [2.45, 2.75) is 26.5 Å². The summed E-state index contributed by atoms with van der Waals surface area (Å²) in [4.78, 5) is 6.47. The van der Waals surface area contributed by atoms with Crippen LogP contribution >= 0.6 is 0 Å². The molecule has 1 aliphatic heterocycles.